The molecule has 1 rings (SSSR count). The topological polar surface area (TPSA) is 38.7 Å². The highest BCUT2D eigenvalue weighted by molar-refractivity contribution is 6.35. The second-order valence-electron chi connectivity index (χ2n) is 2.88. The fraction of sp³-hybridized carbons (Fsp3) is 0.200. The Morgan fingerprint density at radius 2 is 1.88 bits per heavy atom. The molecular formula is C10H8F3NO2. The maximum atomic E-state index is 13.1. The summed E-state index contributed by atoms with van der Waals surface area (Å²) >= 11 is 0. The molecule has 0 N–H and O–H groups in total. The SMILES string of the molecule is COC(=O)/C(C)=N\c1ccc(F)c(F)c1F. The number of ether oxygens (including phenoxy) is 1. The molecule has 0 aliphatic heterocycles. The first-order valence-corrected chi connectivity index (χ1v) is 4.24. The lowest BCUT2D eigenvalue weighted by atomic mass is 10.3. The highest BCUT2D eigenvalue weighted by atomic mass is 19.2. The largest absolute Gasteiger partial charge is 0.465 e. The van der Waals surface area contributed by atoms with Gasteiger partial charge in [-0.2, -0.15) is 0 Å². The van der Waals surface area contributed by atoms with Crippen LogP contribution in [-0.4, -0.2) is 18.8 Å². The van der Waals surface area contributed by atoms with Crippen molar-refractivity contribution in [2.75, 3.05) is 7.11 Å². The molecule has 0 fully saturated rings. The minimum absolute atomic E-state index is 0.160. The maximum absolute atomic E-state index is 13.1. The summed E-state index contributed by atoms with van der Waals surface area (Å²) in [5.74, 6) is -5.15. The molecule has 0 heterocycles. The van der Waals surface area contributed by atoms with Crippen molar-refractivity contribution in [3.8, 4) is 0 Å². The van der Waals surface area contributed by atoms with Crippen molar-refractivity contribution in [2.24, 2.45) is 4.99 Å². The van der Waals surface area contributed by atoms with Crippen LogP contribution in [0.15, 0.2) is 17.1 Å². The summed E-state index contributed by atoms with van der Waals surface area (Å²) in [7, 11) is 1.13. The Kier molecular flexibility index (Phi) is 3.65. The van der Waals surface area contributed by atoms with E-state index in [9.17, 15) is 18.0 Å². The molecule has 0 aliphatic rings. The van der Waals surface area contributed by atoms with E-state index in [1.54, 1.807) is 0 Å². The monoisotopic (exact) mass is 231 g/mol. The van der Waals surface area contributed by atoms with Crippen LogP contribution in [0.1, 0.15) is 6.92 Å². The van der Waals surface area contributed by atoms with E-state index in [2.05, 4.69) is 9.73 Å². The summed E-state index contributed by atoms with van der Waals surface area (Å²) in [6.45, 7) is 1.27. The van der Waals surface area contributed by atoms with Crippen molar-refractivity contribution < 1.29 is 22.7 Å². The minimum Gasteiger partial charge on any atom is -0.465 e. The molecular weight excluding hydrogens is 223 g/mol. The standard InChI is InChI=1S/C10H8F3NO2/c1-5(10(15)16-2)14-7-4-3-6(11)8(12)9(7)13/h3-4H,1-2H3/b14-5-. The van der Waals surface area contributed by atoms with Gasteiger partial charge in [-0.1, -0.05) is 0 Å². The Balaban J connectivity index is 3.16. The third kappa shape index (κ3) is 2.39. The lowest BCUT2D eigenvalue weighted by Crippen LogP contribution is -2.11. The molecule has 0 saturated carbocycles. The van der Waals surface area contributed by atoms with Crippen molar-refractivity contribution in [3.63, 3.8) is 0 Å². The molecule has 0 radical (unpaired) electrons. The van der Waals surface area contributed by atoms with Crippen molar-refractivity contribution in [2.45, 2.75) is 6.92 Å². The van der Waals surface area contributed by atoms with E-state index in [1.165, 1.54) is 6.92 Å². The van der Waals surface area contributed by atoms with Gasteiger partial charge in [-0.25, -0.2) is 23.0 Å². The van der Waals surface area contributed by atoms with Crippen LogP contribution in [0.2, 0.25) is 0 Å². The van der Waals surface area contributed by atoms with E-state index in [4.69, 9.17) is 0 Å². The van der Waals surface area contributed by atoms with E-state index in [0.29, 0.717) is 0 Å². The van der Waals surface area contributed by atoms with Crippen molar-refractivity contribution in [3.05, 3.63) is 29.6 Å². The van der Waals surface area contributed by atoms with Gasteiger partial charge in [0.15, 0.2) is 17.5 Å². The molecule has 0 saturated heterocycles. The van der Waals surface area contributed by atoms with E-state index in [0.717, 1.165) is 19.2 Å². The second kappa shape index (κ2) is 4.78. The van der Waals surface area contributed by atoms with Crippen LogP contribution >= 0.6 is 0 Å². The van der Waals surface area contributed by atoms with Crippen molar-refractivity contribution >= 4 is 17.4 Å². The van der Waals surface area contributed by atoms with Crippen LogP contribution in [0.4, 0.5) is 18.9 Å². The Morgan fingerprint density at radius 1 is 1.25 bits per heavy atom. The van der Waals surface area contributed by atoms with Crippen molar-refractivity contribution in [1.29, 1.82) is 0 Å². The molecule has 1 aromatic rings. The summed E-state index contributed by atoms with van der Waals surface area (Å²) in [4.78, 5) is 14.4. The average Bonchev–Trinajstić information content (AvgIpc) is 2.28. The third-order valence-corrected chi connectivity index (χ3v) is 1.78. The van der Waals surface area contributed by atoms with Gasteiger partial charge in [0.2, 0.25) is 0 Å². The molecule has 0 aliphatic carbocycles. The first-order chi connectivity index (χ1) is 7.47. The summed E-state index contributed by atoms with van der Waals surface area (Å²) < 4.78 is 42.8. The first kappa shape index (κ1) is 12.2. The van der Waals surface area contributed by atoms with Gasteiger partial charge in [-0.15, -0.1) is 0 Å². The molecule has 86 valence electrons. The summed E-state index contributed by atoms with van der Waals surface area (Å²) in [6, 6.07) is 1.65. The third-order valence-electron chi connectivity index (χ3n) is 1.78. The molecule has 1 aromatic carbocycles. The van der Waals surface area contributed by atoms with Crippen LogP contribution < -0.4 is 0 Å². The quantitative estimate of drug-likeness (QED) is 0.445. The smallest absolute Gasteiger partial charge is 0.352 e. The van der Waals surface area contributed by atoms with Crippen LogP contribution in [0.5, 0.6) is 0 Å². The van der Waals surface area contributed by atoms with E-state index in [-0.39, 0.29) is 5.71 Å². The predicted octanol–water partition coefficient (Wildman–Crippen LogP) is 2.37. The van der Waals surface area contributed by atoms with Gasteiger partial charge in [0.25, 0.3) is 0 Å². The van der Waals surface area contributed by atoms with Gasteiger partial charge < -0.3 is 4.74 Å². The molecule has 16 heavy (non-hydrogen) atoms. The lowest BCUT2D eigenvalue weighted by molar-refractivity contribution is -0.132. The highest BCUT2D eigenvalue weighted by Crippen LogP contribution is 2.22. The highest BCUT2D eigenvalue weighted by Gasteiger charge is 2.14. The van der Waals surface area contributed by atoms with Gasteiger partial charge in [0.1, 0.15) is 11.4 Å². The van der Waals surface area contributed by atoms with Crippen LogP contribution in [0.25, 0.3) is 0 Å². The summed E-state index contributed by atoms with van der Waals surface area (Å²) in [6.07, 6.45) is 0. The Labute approximate surface area is 89.6 Å². The number of benzene rings is 1. The molecule has 0 spiro atoms. The lowest BCUT2D eigenvalue weighted by Gasteiger charge is -2.01. The number of aliphatic imine (C=N–C) groups is 1. The Hall–Kier alpha value is -1.85. The molecule has 0 unspecified atom stereocenters. The Morgan fingerprint density at radius 3 is 2.44 bits per heavy atom. The summed E-state index contributed by atoms with van der Waals surface area (Å²) in [5.41, 5.74) is -0.616. The van der Waals surface area contributed by atoms with Gasteiger partial charge in [0, 0.05) is 0 Å². The van der Waals surface area contributed by atoms with Crippen LogP contribution in [0, 0.1) is 17.5 Å². The normalized spacial score (nSPS) is 11.4. The molecule has 0 aromatic heterocycles. The number of methoxy groups -OCH3 is 1. The molecule has 0 atom stereocenters. The number of carbonyl (C=O) groups is 1. The van der Waals surface area contributed by atoms with E-state index < -0.39 is 29.1 Å². The average molecular weight is 231 g/mol. The predicted molar refractivity (Wildman–Crippen MR) is 51.1 cm³/mol. The molecule has 6 heteroatoms. The first-order valence-electron chi connectivity index (χ1n) is 4.24. The molecule has 0 bridgehead atoms. The number of hydrogen-bond donors (Lipinski definition) is 0. The fourth-order valence-corrected chi connectivity index (χ4v) is 0.976. The van der Waals surface area contributed by atoms with Gasteiger partial charge in [-0.3, -0.25) is 0 Å². The van der Waals surface area contributed by atoms with Crippen LogP contribution in [0.3, 0.4) is 0 Å². The number of halogens is 3. The number of esters is 1. The van der Waals surface area contributed by atoms with Gasteiger partial charge >= 0.3 is 5.97 Å². The minimum atomic E-state index is -1.63. The zero-order valence-corrected chi connectivity index (χ0v) is 8.55. The number of carbonyl (C=O) groups excluding carboxylic acids is 1. The molecule has 3 nitrogen and oxygen atoms in total. The maximum Gasteiger partial charge on any atom is 0.352 e. The van der Waals surface area contributed by atoms with Gasteiger partial charge in [-0.05, 0) is 19.1 Å². The fourth-order valence-electron chi connectivity index (χ4n) is 0.976. The number of nitrogens with zero attached hydrogens (tertiary/aromatic N) is 1. The van der Waals surface area contributed by atoms with Crippen molar-refractivity contribution in [1.82, 2.24) is 0 Å². The zero-order chi connectivity index (χ0) is 12.3. The van der Waals surface area contributed by atoms with Crippen LogP contribution in [-0.2, 0) is 9.53 Å². The van der Waals surface area contributed by atoms with E-state index in [1.807, 2.05) is 0 Å². The number of hydrogen-bond acceptors (Lipinski definition) is 3. The van der Waals surface area contributed by atoms with E-state index >= 15 is 0 Å². The van der Waals surface area contributed by atoms with Gasteiger partial charge in [0.05, 0.1) is 7.11 Å². The zero-order valence-electron chi connectivity index (χ0n) is 8.55. The number of rotatable bonds is 2. The summed E-state index contributed by atoms with van der Waals surface area (Å²) in [5, 5.41) is 0. The Bertz CT molecular complexity index is 458. The second-order valence-corrected chi connectivity index (χ2v) is 2.88. The molecule has 0 amide bonds.